The number of carbonyl (C=O) groups is 1. The molecule has 1 unspecified atom stereocenters. The number of carbonyl (C=O) groups excluding carboxylic acids is 1. The normalized spacial score (nSPS) is 17.4. The third-order valence-electron chi connectivity index (χ3n) is 7.96. The largest absolute Gasteiger partial charge is 0.390 e. The molecule has 2 N–H and O–H groups in total. The summed E-state index contributed by atoms with van der Waals surface area (Å²) >= 11 is 0. The van der Waals surface area contributed by atoms with E-state index in [4.69, 9.17) is 4.99 Å². The standard InChI is InChI=1S/C31H39N7O2/c1-22-9-17-38(27-11-15-37(16-12-27)23(2)39)31(22)35-30(32-3)25-8-13-33-29(18-25)34-19-28(40)21-36-14-10-24-6-4-5-7-26(24)20-36/h4-9,13,17-18,27-28,40H,3,10-12,14-16,19-21H2,1-2H3,(H,33,34)/b35-30-. The summed E-state index contributed by atoms with van der Waals surface area (Å²) < 4.78 is 2.20. The summed E-state index contributed by atoms with van der Waals surface area (Å²) in [5.41, 5.74) is 4.61. The summed E-state index contributed by atoms with van der Waals surface area (Å²) in [6.45, 7) is 11.8. The van der Waals surface area contributed by atoms with Gasteiger partial charge in [-0.1, -0.05) is 24.3 Å². The Hall–Kier alpha value is -3.82. The van der Waals surface area contributed by atoms with Crippen LogP contribution in [0.2, 0.25) is 0 Å². The number of aliphatic hydroxyl groups is 1. The van der Waals surface area contributed by atoms with Gasteiger partial charge in [0.15, 0.2) is 5.84 Å². The number of aliphatic hydroxyl groups excluding tert-OH is 1. The number of benzene rings is 1. The van der Waals surface area contributed by atoms with E-state index in [9.17, 15) is 9.90 Å². The van der Waals surface area contributed by atoms with E-state index in [2.05, 4.69) is 68.0 Å². The molecule has 4 heterocycles. The SMILES string of the molecule is C=N/C(=N\c1c(C)ccn1C1CCN(C(C)=O)CC1)c1ccnc(NCC(O)CN2CCc3ccccc3C2)c1. The first-order valence-electron chi connectivity index (χ1n) is 14.1. The smallest absolute Gasteiger partial charge is 0.219 e. The number of nitrogens with zero attached hydrogens (tertiary/aromatic N) is 6. The van der Waals surface area contributed by atoms with Gasteiger partial charge in [-0.15, -0.1) is 0 Å². The Morgan fingerprint density at radius 2 is 1.95 bits per heavy atom. The zero-order valence-corrected chi connectivity index (χ0v) is 23.5. The van der Waals surface area contributed by atoms with E-state index in [-0.39, 0.29) is 11.9 Å². The summed E-state index contributed by atoms with van der Waals surface area (Å²) in [4.78, 5) is 29.6. The lowest BCUT2D eigenvalue weighted by Crippen LogP contribution is -2.39. The van der Waals surface area contributed by atoms with Crippen molar-refractivity contribution in [3.8, 4) is 0 Å². The molecule has 0 spiro atoms. The average Bonchev–Trinajstić information content (AvgIpc) is 3.34. The fourth-order valence-electron chi connectivity index (χ4n) is 5.69. The second-order valence-corrected chi connectivity index (χ2v) is 10.8. The van der Waals surface area contributed by atoms with Crippen LogP contribution in [0.3, 0.4) is 0 Å². The Morgan fingerprint density at radius 1 is 1.18 bits per heavy atom. The molecule has 1 amide bonds. The van der Waals surface area contributed by atoms with Crippen molar-refractivity contribution in [1.82, 2.24) is 19.4 Å². The number of fused-ring (bicyclic) bond motifs is 1. The molecule has 2 aromatic heterocycles. The lowest BCUT2D eigenvalue weighted by molar-refractivity contribution is -0.130. The maximum Gasteiger partial charge on any atom is 0.219 e. The zero-order valence-electron chi connectivity index (χ0n) is 23.5. The molecular weight excluding hydrogens is 502 g/mol. The van der Waals surface area contributed by atoms with E-state index < -0.39 is 6.10 Å². The molecule has 9 nitrogen and oxygen atoms in total. The lowest BCUT2D eigenvalue weighted by atomic mass is 10.00. The van der Waals surface area contributed by atoms with Crippen molar-refractivity contribution in [3.63, 3.8) is 0 Å². The zero-order chi connectivity index (χ0) is 28.1. The molecule has 1 saturated heterocycles. The third kappa shape index (κ3) is 6.48. The second-order valence-electron chi connectivity index (χ2n) is 10.8. The molecule has 1 atom stereocenters. The highest BCUT2D eigenvalue weighted by molar-refractivity contribution is 6.03. The fourth-order valence-corrected chi connectivity index (χ4v) is 5.69. The molecule has 40 heavy (non-hydrogen) atoms. The van der Waals surface area contributed by atoms with Gasteiger partial charge in [0.25, 0.3) is 0 Å². The first-order chi connectivity index (χ1) is 19.4. The van der Waals surface area contributed by atoms with Gasteiger partial charge in [-0.05, 0) is 67.8 Å². The van der Waals surface area contributed by atoms with E-state index in [1.807, 2.05) is 24.0 Å². The Balaban J connectivity index is 1.23. The molecule has 0 aliphatic carbocycles. The molecule has 9 heteroatoms. The van der Waals surface area contributed by atoms with Crippen LogP contribution in [0.5, 0.6) is 0 Å². The van der Waals surface area contributed by atoms with Gasteiger partial charge in [-0.25, -0.2) is 15.0 Å². The maximum absolute atomic E-state index is 11.7. The molecule has 0 bridgehead atoms. The summed E-state index contributed by atoms with van der Waals surface area (Å²) in [5, 5.41) is 14.0. The van der Waals surface area contributed by atoms with Crippen LogP contribution in [0, 0.1) is 6.92 Å². The first kappa shape index (κ1) is 27.7. The van der Waals surface area contributed by atoms with Gasteiger partial charge in [-0.3, -0.25) is 9.69 Å². The molecule has 0 radical (unpaired) electrons. The van der Waals surface area contributed by atoms with E-state index in [1.54, 1.807) is 13.1 Å². The predicted molar refractivity (Wildman–Crippen MR) is 160 cm³/mol. The minimum atomic E-state index is -0.526. The van der Waals surface area contributed by atoms with Crippen molar-refractivity contribution in [3.05, 3.63) is 77.1 Å². The van der Waals surface area contributed by atoms with Crippen LogP contribution >= 0.6 is 0 Å². The molecule has 2 aliphatic rings. The Bertz CT molecular complexity index is 1370. The monoisotopic (exact) mass is 541 g/mol. The first-order valence-corrected chi connectivity index (χ1v) is 14.1. The lowest BCUT2D eigenvalue weighted by Gasteiger charge is -2.32. The molecule has 1 fully saturated rings. The van der Waals surface area contributed by atoms with Gasteiger partial charge < -0.3 is 19.9 Å². The highest BCUT2D eigenvalue weighted by atomic mass is 16.3. The van der Waals surface area contributed by atoms with Crippen molar-refractivity contribution < 1.29 is 9.90 Å². The van der Waals surface area contributed by atoms with Crippen LogP contribution in [0.25, 0.3) is 0 Å². The number of hydrogen-bond donors (Lipinski definition) is 2. The highest BCUT2D eigenvalue weighted by Crippen LogP contribution is 2.31. The number of amidine groups is 1. The molecule has 210 valence electrons. The molecule has 0 saturated carbocycles. The fraction of sp³-hybridized carbons (Fsp3) is 0.419. The molecule has 2 aliphatic heterocycles. The van der Waals surface area contributed by atoms with E-state index >= 15 is 0 Å². The van der Waals surface area contributed by atoms with Crippen molar-refractivity contribution in [2.24, 2.45) is 9.98 Å². The van der Waals surface area contributed by atoms with Gasteiger partial charge in [0.05, 0.1) is 6.10 Å². The molecule has 5 rings (SSSR count). The van der Waals surface area contributed by atoms with Crippen molar-refractivity contribution in [2.75, 3.05) is 38.0 Å². The summed E-state index contributed by atoms with van der Waals surface area (Å²) in [7, 11) is 0. The van der Waals surface area contributed by atoms with Gasteiger partial charge in [0.1, 0.15) is 11.6 Å². The van der Waals surface area contributed by atoms with Gasteiger partial charge >= 0.3 is 0 Å². The van der Waals surface area contributed by atoms with Crippen LogP contribution < -0.4 is 5.32 Å². The van der Waals surface area contributed by atoms with Gasteiger partial charge in [0, 0.05) is 70.2 Å². The van der Waals surface area contributed by atoms with Crippen molar-refractivity contribution in [1.29, 1.82) is 0 Å². The number of aromatic nitrogens is 2. The average molecular weight is 542 g/mol. The quantitative estimate of drug-likeness (QED) is 0.332. The summed E-state index contributed by atoms with van der Waals surface area (Å²) in [6.07, 6.45) is 6.06. The molecule has 1 aromatic carbocycles. The third-order valence-corrected chi connectivity index (χ3v) is 7.96. The number of piperidine rings is 1. The van der Waals surface area contributed by atoms with Crippen LogP contribution in [-0.4, -0.2) is 81.7 Å². The number of nitrogens with one attached hydrogen (secondary N) is 1. The van der Waals surface area contributed by atoms with Gasteiger partial charge in [0.2, 0.25) is 5.91 Å². The van der Waals surface area contributed by atoms with Crippen LogP contribution in [0.4, 0.5) is 11.6 Å². The Morgan fingerprint density at radius 3 is 2.70 bits per heavy atom. The number of aryl methyl sites for hydroxylation is 1. The molecular formula is C31H39N7O2. The number of anilines is 1. The Labute approximate surface area is 236 Å². The molecule has 3 aromatic rings. The van der Waals surface area contributed by atoms with Crippen LogP contribution in [0.15, 0.2) is 64.8 Å². The summed E-state index contributed by atoms with van der Waals surface area (Å²) in [6, 6.07) is 14.6. The van der Waals surface area contributed by atoms with Gasteiger partial charge in [-0.2, -0.15) is 0 Å². The topological polar surface area (TPSA) is 98.3 Å². The highest BCUT2D eigenvalue weighted by Gasteiger charge is 2.24. The number of aliphatic imine (C=N–C) groups is 2. The number of hydrogen-bond acceptors (Lipinski definition) is 6. The number of β-amino-alcohol motifs (C(OH)–C–C–N with tert-alkyl or cyclic N) is 1. The van der Waals surface area contributed by atoms with E-state index in [0.29, 0.717) is 24.7 Å². The number of pyridine rings is 1. The predicted octanol–water partition coefficient (Wildman–Crippen LogP) is 3.98. The Kier molecular flexibility index (Phi) is 8.72. The minimum absolute atomic E-state index is 0.130. The van der Waals surface area contributed by atoms with E-state index in [1.165, 1.54) is 11.1 Å². The summed E-state index contributed by atoms with van der Waals surface area (Å²) in [5.74, 6) is 2.15. The van der Waals surface area contributed by atoms with E-state index in [0.717, 1.165) is 62.4 Å². The minimum Gasteiger partial charge on any atom is -0.390 e. The maximum atomic E-state index is 11.7. The number of likely N-dealkylation sites (tertiary alicyclic amines) is 1. The number of amides is 1. The van der Waals surface area contributed by atoms with Crippen molar-refractivity contribution >= 4 is 30.1 Å². The van der Waals surface area contributed by atoms with Crippen LogP contribution in [0.1, 0.15) is 48.1 Å². The van der Waals surface area contributed by atoms with Crippen LogP contribution in [-0.2, 0) is 17.8 Å². The number of rotatable bonds is 8. The van der Waals surface area contributed by atoms with Crippen molar-refractivity contribution in [2.45, 2.75) is 51.8 Å². The second kappa shape index (κ2) is 12.6.